The molecular formula is C24H27N5O2. The Balaban J connectivity index is 1.31. The van der Waals surface area contributed by atoms with Crippen LogP contribution in [0.5, 0.6) is 0 Å². The predicted molar refractivity (Wildman–Crippen MR) is 121 cm³/mol. The molecule has 1 aromatic heterocycles. The molecule has 2 aromatic carbocycles. The molecule has 3 aromatic rings. The van der Waals surface area contributed by atoms with Crippen molar-refractivity contribution < 1.29 is 9.59 Å². The molecule has 7 heteroatoms. The van der Waals surface area contributed by atoms with Crippen LogP contribution in [-0.2, 0) is 11.3 Å². The average Bonchev–Trinajstić information content (AvgIpc) is 3.20. The van der Waals surface area contributed by atoms with Gasteiger partial charge in [-0.25, -0.2) is 9.78 Å². The zero-order chi connectivity index (χ0) is 21.6. The number of benzene rings is 2. The van der Waals surface area contributed by atoms with Gasteiger partial charge < -0.3 is 20.1 Å². The van der Waals surface area contributed by atoms with Crippen LogP contribution in [0.3, 0.4) is 0 Å². The van der Waals surface area contributed by atoms with Crippen LogP contribution in [0.25, 0.3) is 0 Å². The van der Waals surface area contributed by atoms with Gasteiger partial charge in [0.15, 0.2) is 0 Å². The number of carbonyl (C=O) groups is 2. The van der Waals surface area contributed by atoms with E-state index < -0.39 is 0 Å². The highest BCUT2D eigenvalue weighted by molar-refractivity contribution is 5.94. The summed E-state index contributed by atoms with van der Waals surface area (Å²) < 4.78 is 2.07. The van der Waals surface area contributed by atoms with Gasteiger partial charge in [-0.15, -0.1) is 0 Å². The van der Waals surface area contributed by atoms with Gasteiger partial charge in [-0.05, 0) is 49.6 Å². The van der Waals surface area contributed by atoms with Gasteiger partial charge in [0, 0.05) is 43.4 Å². The lowest BCUT2D eigenvalue weighted by Gasteiger charge is -2.32. The van der Waals surface area contributed by atoms with Gasteiger partial charge in [0.1, 0.15) is 5.82 Å². The van der Waals surface area contributed by atoms with E-state index in [9.17, 15) is 9.59 Å². The van der Waals surface area contributed by atoms with E-state index in [1.54, 1.807) is 11.1 Å². The number of hydrogen-bond donors (Lipinski definition) is 2. The molecule has 1 aliphatic rings. The largest absolute Gasteiger partial charge is 0.331 e. The SMILES string of the molecule is Cc1nccn1Cc1ccc(NC(=O)C2CCCN(C(=O)Nc3ccccc3)C2)cc1. The first kappa shape index (κ1) is 20.7. The van der Waals surface area contributed by atoms with Crippen LogP contribution < -0.4 is 10.6 Å². The molecule has 0 spiro atoms. The summed E-state index contributed by atoms with van der Waals surface area (Å²) in [5.41, 5.74) is 2.66. The van der Waals surface area contributed by atoms with Crippen molar-refractivity contribution in [3.63, 3.8) is 0 Å². The normalized spacial score (nSPS) is 16.0. The van der Waals surface area contributed by atoms with Crippen molar-refractivity contribution in [2.24, 2.45) is 5.92 Å². The van der Waals surface area contributed by atoms with Gasteiger partial charge in [-0.3, -0.25) is 4.79 Å². The minimum Gasteiger partial charge on any atom is -0.331 e. The number of rotatable bonds is 5. The zero-order valence-corrected chi connectivity index (χ0v) is 17.6. The Kier molecular flexibility index (Phi) is 6.31. The lowest BCUT2D eigenvalue weighted by atomic mass is 9.97. The third kappa shape index (κ3) is 5.31. The molecule has 1 aliphatic heterocycles. The van der Waals surface area contributed by atoms with Crippen LogP contribution in [0.4, 0.5) is 16.2 Å². The molecule has 1 atom stereocenters. The van der Waals surface area contributed by atoms with Crippen molar-refractivity contribution >= 4 is 23.3 Å². The summed E-state index contributed by atoms with van der Waals surface area (Å²) in [7, 11) is 0. The number of likely N-dealkylation sites (tertiary alicyclic amines) is 1. The molecule has 0 aliphatic carbocycles. The first-order valence-electron chi connectivity index (χ1n) is 10.6. The number of piperidine rings is 1. The van der Waals surface area contributed by atoms with E-state index in [4.69, 9.17) is 0 Å². The number of aryl methyl sites for hydroxylation is 1. The van der Waals surface area contributed by atoms with Crippen LogP contribution in [-0.4, -0.2) is 39.5 Å². The van der Waals surface area contributed by atoms with Crippen molar-refractivity contribution in [2.45, 2.75) is 26.3 Å². The monoisotopic (exact) mass is 417 g/mol. The molecule has 0 bridgehead atoms. The van der Waals surface area contributed by atoms with Crippen molar-refractivity contribution in [3.05, 3.63) is 78.4 Å². The standard InChI is InChI=1S/C24H27N5O2/c1-18-25-13-15-28(18)16-19-9-11-22(12-10-19)26-23(30)20-6-5-14-29(17-20)24(31)27-21-7-3-2-4-8-21/h2-4,7-13,15,20H,5-6,14,16-17H2,1H3,(H,26,30)(H,27,31). The van der Waals surface area contributed by atoms with Gasteiger partial charge >= 0.3 is 6.03 Å². The Bertz CT molecular complexity index is 1030. The van der Waals surface area contributed by atoms with E-state index in [0.29, 0.717) is 13.1 Å². The maximum atomic E-state index is 12.8. The van der Waals surface area contributed by atoms with E-state index in [2.05, 4.69) is 20.2 Å². The second kappa shape index (κ2) is 9.47. The van der Waals surface area contributed by atoms with Crippen molar-refractivity contribution in [1.29, 1.82) is 0 Å². The minimum atomic E-state index is -0.219. The lowest BCUT2D eigenvalue weighted by molar-refractivity contribution is -0.121. The second-order valence-electron chi connectivity index (χ2n) is 7.87. The molecule has 0 saturated carbocycles. The average molecular weight is 418 g/mol. The molecule has 4 rings (SSSR count). The van der Waals surface area contributed by atoms with E-state index >= 15 is 0 Å². The fraction of sp³-hybridized carbons (Fsp3) is 0.292. The summed E-state index contributed by atoms with van der Waals surface area (Å²) in [5.74, 6) is 0.703. The first-order chi connectivity index (χ1) is 15.1. The van der Waals surface area contributed by atoms with Crippen LogP contribution in [0.1, 0.15) is 24.2 Å². The smallest absolute Gasteiger partial charge is 0.321 e. The van der Waals surface area contributed by atoms with Crippen LogP contribution in [0, 0.1) is 12.8 Å². The highest BCUT2D eigenvalue weighted by Gasteiger charge is 2.28. The Labute approximate surface area is 182 Å². The number of imidazole rings is 1. The van der Waals surface area contributed by atoms with Gasteiger partial charge in [0.2, 0.25) is 5.91 Å². The summed E-state index contributed by atoms with van der Waals surface area (Å²) in [6.07, 6.45) is 5.33. The molecule has 1 unspecified atom stereocenters. The van der Waals surface area contributed by atoms with Crippen molar-refractivity contribution in [3.8, 4) is 0 Å². The third-order valence-corrected chi connectivity index (χ3v) is 5.60. The number of urea groups is 1. The van der Waals surface area contributed by atoms with Crippen molar-refractivity contribution in [2.75, 3.05) is 23.7 Å². The van der Waals surface area contributed by atoms with Crippen LogP contribution >= 0.6 is 0 Å². The Morgan fingerprint density at radius 1 is 1.03 bits per heavy atom. The summed E-state index contributed by atoms with van der Waals surface area (Å²) in [6, 6.07) is 17.1. The lowest BCUT2D eigenvalue weighted by Crippen LogP contribution is -2.45. The quantitative estimate of drug-likeness (QED) is 0.655. The zero-order valence-electron chi connectivity index (χ0n) is 17.6. The molecule has 7 nitrogen and oxygen atoms in total. The minimum absolute atomic E-state index is 0.0459. The molecule has 3 amide bonds. The number of nitrogens with zero attached hydrogens (tertiary/aromatic N) is 3. The number of para-hydroxylation sites is 1. The highest BCUT2D eigenvalue weighted by Crippen LogP contribution is 2.20. The Morgan fingerprint density at radius 3 is 2.48 bits per heavy atom. The molecule has 2 heterocycles. The van der Waals surface area contributed by atoms with E-state index in [1.165, 1.54) is 0 Å². The summed E-state index contributed by atoms with van der Waals surface area (Å²) in [5, 5.41) is 5.90. The Hall–Kier alpha value is -3.61. The molecule has 1 fully saturated rings. The maximum Gasteiger partial charge on any atom is 0.321 e. The van der Waals surface area contributed by atoms with Gasteiger partial charge in [-0.2, -0.15) is 0 Å². The van der Waals surface area contributed by atoms with Gasteiger partial charge in [0.25, 0.3) is 0 Å². The van der Waals surface area contributed by atoms with Gasteiger partial charge in [-0.1, -0.05) is 30.3 Å². The van der Waals surface area contributed by atoms with E-state index in [1.807, 2.05) is 67.7 Å². The van der Waals surface area contributed by atoms with E-state index in [0.717, 1.165) is 42.1 Å². The molecule has 0 radical (unpaired) electrons. The number of amides is 3. The third-order valence-electron chi connectivity index (χ3n) is 5.60. The molecular weight excluding hydrogens is 390 g/mol. The number of anilines is 2. The number of nitrogens with one attached hydrogen (secondary N) is 2. The molecule has 31 heavy (non-hydrogen) atoms. The topological polar surface area (TPSA) is 79.3 Å². The molecule has 2 N–H and O–H groups in total. The predicted octanol–water partition coefficient (Wildman–Crippen LogP) is 4.12. The Morgan fingerprint density at radius 2 is 1.77 bits per heavy atom. The summed E-state index contributed by atoms with van der Waals surface area (Å²) >= 11 is 0. The fourth-order valence-electron chi connectivity index (χ4n) is 3.80. The number of carbonyl (C=O) groups excluding carboxylic acids is 2. The maximum absolute atomic E-state index is 12.8. The second-order valence-corrected chi connectivity index (χ2v) is 7.87. The van der Waals surface area contributed by atoms with E-state index in [-0.39, 0.29) is 17.9 Å². The summed E-state index contributed by atoms with van der Waals surface area (Å²) in [6.45, 7) is 3.80. The van der Waals surface area contributed by atoms with Crippen molar-refractivity contribution in [1.82, 2.24) is 14.5 Å². The highest BCUT2D eigenvalue weighted by atomic mass is 16.2. The summed E-state index contributed by atoms with van der Waals surface area (Å²) in [4.78, 5) is 31.3. The van der Waals surface area contributed by atoms with Crippen LogP contribution in [0.2, 0.25) is 0 Å². The molecule has 1 saturated heterocycles. The first-order valence-corrected chi connectivity index (χ1v) is 10.6. The fourth-order valence-corrected chi connectivity index (χ4v) is 3.80. The number of aromatic nitrogens is 2. The van der Waals surface area contributed by atoms with Gasteiger partial charge in [0.05, 0.1) is 5.92 Å². The number of hydrogen-bond acceptors (Lipinski definition) is 3. The van der Waals surface area contributed by atoms with Crippen LogP contribution in [0.15, 0.2) is 67.0 Å². The molecule has 160 valence electrons.